The molecule has 0 rings (SSSR count). The van der Waals surface area contributed by atoms with Crippen molar-refractivity contribution < 1.29 is 13.2 Å². The van der Waals surface area contributed by atoms with E-state index in [0.29, 0.717) is 12.5 Å². The van der Waals surface area contributed by atoms with Crippen LogP contribution in [-0.2, 0) is 14.8 Å². The fourth-order valence-corrected chi connectivity index (χ4v) is 1.91. The predicted molar refractivity (Wildman–Crippen MR) is 67.9 cm³/mol. The summed E-state index contributed by atoms with van der Waals surface area (Å²) < 4.78 is 25.3. The van der Waals surface area contributed by atoms with E-state index in [-0.39, 0.29) is 25.4 Å². The largest absolute Gasteiger partial charge is 0.356 e. The van der Waals surface area contributed by atoms with Gasteiger partial charge in [0.05, 0.1) is 5.25 Å². The number of amides is 1. The molecule has 7 heteroatoms. The van der Waals surface area contributed by atoms with Crippen molar-refractivity contribution in [1.29, 1.82) is 0 Å². The van der Waals surface area contributed by atoms with Crippen LogP contribution in [0.5, 0.6) is 0 Å². The van der Waals surface area contributed by atoms with Gasteiger partial charge in [-0.2, -0.15) is 0 Å². The molecule has 0 fully saturated rings. The van der Waals surface area contributed by atoms with Gasteiger partial charge in [-0.3, -0.25) is 4.79 Å². The second-order valence-corrected chi connectivity index (χ2v) is 6.62. The van der Waals surface area contributed by atoms with Gasteiger partial charge < -0.3 is 11.1 Å². The minimum absolute atomic E-state index is 0.0644. The Morgan fingerprint density at radius 2 is 1.88 bits per heavy atom. The molecule has 0 aliphatic carbocycles. The molecule has 0 spiro atoms. The van der Waals surface area contributed by atoms with E-state index in [1.165, 1.54) is 6.92 Å². The van der Waals surface area contributed by atoms with Crippen LogP contribution < -0.4 is 15.8 Å². The Labute approximate surface area is 103 Å². The first-order valence-corrected chi connectivity index (χ1v) is 7.29. The zero-order valence-electron chi connectivity index (χ0n) is 10.7. The summed E-state index contributed by atoms with van der Waals surface area (Å²) in [6.07, 6.45) is 0.142. The Balaban J connectivity index is 3.88. The van der Waals surface area contributed by atoms with Crippen LogP contribution in [0.3, 0.4) is 0 Å². The van der Waals surface area contributed by atoms with E-state index < -0.39 is 15.3 Å². The van der Waals surface area contributed by atoms with Gasteiger partial charge in [0, 0.05) is 26.1 Å². The summed E-state index contributed by atoms with van der Waals surface area (Å²) >= 11 is 0. The van der Waals surface area contributed by atoms with E-state index in [1.807, 2.05) is 13.8 Å². The van der Waals surface area contributed by atoms with Crippen LogP contribution in [0.1, 0.15) is 27.2 Å². The fraction of sp³-hybridized carbons (Fsp3) is 0.900. The van der Waals surface area contributed by atoms with Crippen LogP contribution in [0.15, 0.2) is 0 Å². The van der Waals surface area contributed by atoms with E-state index in [1.54, 1.807) is 0 Å². The maximum Gasteiger partial charge on any atom is 0.221 e. The Bertz CT molecular complexity index is 328. The van der Waals surface area contributed by atoms with Crippen molar-refractivity contribution in [3.8, 4) is 0 Å². The fourth-order valence-electron chi connectivity index (χ4n) is 0.982. The third kappa shape index (κ3) is 7.30. The van der Waals surface area contributed by atoms with Gasteiger partial charge in [0.25, 0.3) is 0 Å². The molecule has 0 saturated heterocycles. The highest BCUT2D eigenvalue weighted by molar-refractivity contribution is 7.90. The van der Waals surface area contributed by atoms with Crippen molar-refractivity contribution in [1.82, 2.24) is 10.0 Å². The van der Waals surface area contributed by atoms with Crippen LogP contribution in [0.25, 0.3) is 0 Å². The quantitative estimate of drug-likeness (QED) is 0.546. The van der Waals surface area contributed by atoms with Crippen LogP contribution >= 0.6 is 0 Å². The smallest absolute Gasteiger partial charge is 0.221 e. The Hall–Kier alpha value is -0.660. The van der Waals surface area contributed by atoms with E-state index in [2.05, 4.69) is 10.0 Å². The van der Waals surface area contributed by atoms with Gasteiger partial charge in [-0.05, 0) is 12.8 Å². The molecule has 0 aromatic heterocycles. The highest BCUT2D eigenvalue weighted by Gasteiger charge is 2.18. The molecule has 0 bridgehead atoms. The van der Waals surface area contributed by atoms with Crippen molar-refractivity contribution in [2.75, 3.05) is 19.6 Å². The normalized spacial score (nSPS) is 13.7. The topological polar surface area (TPSA) is 101 Å². The molecule has 0 radical (unpaired) electrons. The first-order valence-electron chi connectivity index (χ1n) is 5.74. The number of nitrogens with two attached hydrogens (primary N) is 1. The van der Waals surface area contributed by atoms with Crippen molar-refractivity contribution in [2.45, 2.75) is 32.4 Å². The van der Waals surface area contributed by atoms with Crippen molar-refractivity contribution in [2.24, 2.45) is 11.7 Å². The molecule has 0 aliphatic rings. The van der Waals surface area contributed by atoms with Crippen molar-refractivity contribution >= 4 is 15.9 Å². The summed E-state index contributed by atoms with van der Waals surface area (Å²) in [7, 11) is -3.39. The maximum atomic E-state index is 11.5. The molecule has 6 nitrogen and oxygen atoms in total. The van der Waals surface area contributed by atoms with Gasteiger partial charge in [0.15, 0.2) is 0 Å². The molecule has 0 aromatic carbocycles. The first-order chi connectivity index (χ1) is 7.79. The van der Waals surface area contributed by atoms with E-state index in [4.69, 9.17) is 5.73 Å². The molecule has 17 heavy (non-hydrogen) atoms. The summed E-state index contributed by atoms with van der Waals surface area (Å²) in [6.45, 7) is 6.29. The molecular weight excluding hydrogens is 242 g/mol. The predicted octanol–water partition coefficient (Wildman–Crippen LogP) is -0.585. The number of rotatable bonds is 8. The monoisotopic (exact) mass is 265 g/mol. The SMILES string of the molecule is CC(C)CNC(=O)CCNS(=O)(=O)C(C)CN. The molecule has 0 aliphatic heterocycles. The molecule has 102 valence electrons. The molecular formula is C10H23N3O3S. The number of sulfonamides is 1. The number of nitrogens with one attached hydrogen (secondary N) is 2. The highest BCUT2D eigenvalue weighted by Crippen LogP contribution is 1.95. The molecule has 0 aromatic rings. The lowest BCUT2D eigenvalue weighted by molar-refractivity contribution is -0.121. The van der Waals surface area contributed by atoms with Gasteiger partial charge in [-0.25, -0.2) is 13.1 Å². The third-order valence-electron chi connectivity index (χ3n) is 2.22. The lowest BCUT2D eigenvalue weighted by Crippen LogP contribution is -2.39. The average Bonchev–Trinajstić information content (AvgIpc) is 2.24. The molecule has 0 saturated carbocycles. The third-order valence-corrected chi connectivity index (χ3v) is 4.08. The van der Waals surface area contributed by atoms with Crippen LogP contribution in [-0.4, -0.2) is 39.2 Å². The number of hydrogen-bond donors (Lipinski definition) is 3. The van der Waals surface area contributed by atoms with Gasteiger partial charge in [0.1, 0.15) is 0 Å². The Kier molecular flexibility index (Phi) is 7.33. The molecule has 1 atom stereocenters. The first kappa shape index (κ1) is 16.3. The maximum absolute atomic E-state index is 11.5. The zero-order chi connectivity index (χ0) is 13.5. The zero-order valence-corrected chi connectivity index (χ0v) is 11.5. The van der Waals surface area contributed by atoms with Crippen LogP contribution in [0, 0.1) is 5.92 Å². The minimum atomic E-state index is -3.39. The molecule has 1 amide bonds. The summed E-state index contributed by atoms with van der Waals surface area (Å²) in [6, 6.07) is 0. The van der Waals surface area contributed by atoms with Crippen LogP contribution in [0.4, 0.5) is 0 Å². The molecule has 4 N–H and O–H groups in total. The molecule has 1 unspecified atom stereocenters. The lowest BCUT2D eigenvalue weighted by Gasteiger charge is -2.12. The summed E-state index contributed by atoms with van der Waals surface area (Å²) in [5.41, 5.74) is 5.27. The summed E-state index contributed by atoms with van der Waals surface area (Å²) in [5.74, 6) is 0.231. The van der Waals surface area contributed by atoms with Gasteiger partial charge in [0.2, 0.25) is 15.9 Å². The van der Waals surface area contributed by atoms with Gasteiger partial charge in [-0.15, -0.1) is 0 Å². The minimum Gasteiger partial charge on any atom is -0.356 e. The van der Waals surface area contributed by atoms with E-state index >= 15 is 0 Å². The lowest BCUT2D eigenvalue weighted by atomic mass is 10.2. The number of carbonyl (C=O) groups excluding carboxylic acids is 1. The van der Waals surface area contributed by atoms with Gasteiger partial charge in [-0.1, -0.05) is 13.8 Å². The second-order valence-electron chi connectivity index (χ2n) is 4.43. The van der Waals surface area contributed by atoms with Gasteiger partial charge >= 0.3 is 0 Å². The van der Waals surface area contributed by atoms with E-state index in [9.17, 15) is 13.2 Å². The number of hydrogen-bond acceptors (Lipinski definition) is 4. The van der Waals surface area contributed by atoms with E-state index in [0.717, 1.165) is 0 Å². The summed E-state index contributed by atoms with van der Waals surface area (Å²) in [5, 5.41) is 2.08. The average molecular weight is 265 g/mol. The Morgan fingerprint density at radius 3 is 2.35 bits per heavy atom. The molecule has 0 heterocycles. The Morgan fingerprint density at radius 1 is 1.29 bits per heavy atom. The number of carbonyl (C=O) groups is 1. The van der Waals surface area contributed by atoms with Crippen LogP contribution in [0.2, 0.25) is 0 Å². The van der Waals surface area contributed by atoms with Crippen molar-refractivity contribution in [3.05, 3.63) is 0 Å². The highest BCUT2D eigenvalue weighted by atomic mass is 32.2. The standard InChI is InChI=1S/C10H23N3O3S/c1-8(2)7-12-10(14)4-5-13-17(15,16)9(3)6-11/h8-9,13H,4-7,11H2,1-3H3,(H,12,14). The summed E-state index contributed by atoms with van der Waals surface area (Å²) in [4.78, 5) is 11.3. The second kappa shape index (κ2) is 7.62. The van der Waals surface area contributed by atoms with Crippen molar-refractivity contribution in [3.63, 3.8) is 0 Å².